The molecule has 3 heterocycles. The summed E-state index contributed by atoms with van der Waals surface area (Å²) in [4.78, 5) is 7.40. The molecular formula is C22H29N3O2S. The molecule has 0 bridgehead atoms. The summed E-state index contributed by atoms with van der Waals surface area (Å²) in [6.07, 6.45) is 8.22. The Balaban J connectivity index is 1.71. The number of hydrogen-bond acceptors (Lipinski definition) is 4. The molecule has 0 spiro atoms. The lowest BCUT2D eigenvalue weighted by Crippen LogP contribution is -2.40. The predicted octanol–water partition coefficient (Wildman–Crippen LogP) is 4.30. The van der Waals surface area contributed by atoms with Crippen molar-refractivity contribution in [2.24, 2.45) is 0 Å². The Hall–Kier alpha value is -1.92. The van der Waals surface area contributed by atoms with Crippen LogP contribution in [0.1, 0.15) is 55.7 Å². The van der Waals surface area contributed by atoms with Crippen LogP contribution in [0.4, 0.5) is 5.82 Å². The van der Waals surface area contributed by atoms with Crippen molar-refractivity contribution in [3.05, 3.63) is 53.7 Å². The van der Waals surface area contributed by atoms with Gasteiger partial charge in [-0.25, -0.2) is 13.4 Å². The van der Waals surface area contributed by atoms with Crippen molar-refractivity contribution >= 4 is 15.8 Å². The van der Waals surface area contributed by atoms with Gasteiger partial charge >= 0.3 is 0 Å². The standard InChI is InChI=1S/C22H29N3O2S/c1-18-10-12-19(13-11-18)28(26,27)25-17-6-3-9-21(25)20-8-7-14-23-22(20)24-15-4-2-5-16-24/h7-8,10-14,21H,2-6,9,15-17H2,1H3/t21-/m1/s1. The third-order valence-electron chi connectivity index (χ3n) is 5.91. The number of pyridine rings is 1. The zero-order valence-electron chi connectivity index (χ0n) is 16.5. The van der Waals surface area contributed by atoms with Crippen LogP contribution in [-0.2, 0) is 10.0 Å². The summed E-state index contributed by atoms with van der Waals surface area (Å²) in [5.74, 6) is 0.971. The van der Waals surface area contributed by atoms with Crippen LogP contribution in [0, 0.1) is 6.92 Å². The molecule has 0 unspecified atom stereocenters. The lowest BCUT2D eigenvalue weighted by atomic mass is 9.97. The second-order valence-electron chi connectivity index (χ2n) is 7.90. The molecule has 1 aromatic heterocycles. The average molecular weight is 400 g/mol. The molecule has 0 amide bonds. The first-order valence-corrected chi connectivity index (χ1v) is 11.8. The van der Waals surface area contributed by atoms with Gasteiger partial charge in [-0.2, -0.15) is 4.31 Å². The van der Waals surface area contributed by atoms with Crippen molar-refractivity contribution in [1.29, 1.82) is 0 Å². The first kappa shape index (κ1) is 19.4. The van der Waals surface area contributed by atoms with E-state index in [2.05, 4.69) is 16.0 Å². The SMILES string of the molecule is Cc1ccc(S(=O)(=O)N2CCCC[C@@H]2c2cccnc2N2CCCCC2)cc1. The lowest BCUT2D eigenvalue weighted by Gasteiger charge is -2.37. The molecule has 1 aromatic carbocycles. The zero-order valence-corrected chi connectivity index (χ0v) is 17.4. The van der Waals surface area contributed by atoms with Gasteiger partial charge in [-0.05, 0) is 57.2 Å². The zero-order chi connectivity index (χ0) is 19.6. The molecule has 2 fully saturated rings. The van der Waals surface area contributed by atoms with Gasteiger partial charge in [0.25, 0.3) is 0 Å². The van der Waals surface area contributed by atoms with Crippen molar-refractivity contribution in [2.75, 3.05) is 24.5 Å². The number of anilines is 1. The number of sulfonamides is 1. The largest absolute Gasteiger partial charge is 0.356 e. The molecule has 0 saturated carbocycles. The van der Waals surface area contributed by atoms with E-state index in [1.54, 1.807) is 16.4 Å². The quantitative estimate of drug-likeness (QED) is 0.769. The highest BCUT2D eigenvalue weighted by Gasteiger charge is 2.36. The van der Waals surface area contributed by atoms with Crippen LogP contribution in [0.15, 0.2) is 47.5 Å². The van der Waals surface area contributed by atoms with Crippen molar-refractivity contribution in [3.63, 3.8) is 0 Å². The Kier molecular flexibility index (Phi) is 5.69. The van der Waals surface area contributed by atoms with Crippen LogP contribution in [-0.4, -0.2) is 37.3 Å². The molecule has 1 atom stereocenters. The van der Waals surface area contributed by atoms with Crippen LogP contribution in [0.3, 0.4) is 0 Å². The second kappa shape index (κ2) is 8.21. The molecule has 0 aliphatic carbocycles. The highest BCUT2D eigenvalue weighted by Crippen LogP contribution is 2.39. The molecule has 6 heteroatoms. The Morgan fingerprint density at radius 1 is 0.929 bits per heavy atom. The van der Waals surface area contributed by atoms with Gasteiger partial charge in [0.1, 0.15) is 5.82 Å². The Morgan fingerprint density at radius 2 is 1.64 bits per heavy atom. The van der Waals surface area contributed by atoms with E-state index in [-0.39, 0.29) is 6.04 Å². The van der Waals surface area contributed by atoms with Crippen LogP contribution in [0.25, 0.3) is 0 Å². The summed E-state index contributed by atoms with van der Waals surface area (Å²) in [6.45, 7) is 4.54. The normalized spacial score (nSPS) is 21.6. The average Bonchev–Trinajstić information content (AvgIpc) is 2.75. The predicted molar refractivity (Wildman–Crippen MR) is 112 cm³/mol. The Labute approximate surface area is 168 Å². The maximum Gasteiger partial charge on any atom is 0.243 e. The minimum atomic E-state index is -3.54. The Bertz CT molecular complexity index is 906. The fraction of sp³-hybridized carbons (Fsp3) is 0.500. The third kappa shape index (κ3) is 3.80. The van der Waals surface area contributed by atoms with E-state index < -0.39 is 10.0 Å². The summed E-state index contributed by atoms with van der Waals surface area (Å²) in [7, 11) is -3.54. The van der Waals surface area contributed by atoms with E-state index in [1.807, 2.05) is 31.3 Å². The third-order valence-corrected chi connectivity index (χ3v) is 7.84. The van der Waals surface area contributed by atoms with Crippen molar-refractivity contribution in [3.8, 4) is 0 Å². The van der Waals surface area contributed by atoms with E-state index in [0.717, 1.165) is 49.3 Å². The number of piperidine rings is 2. The van der Waals surface area contributed by atoms with Gasteiger partial charge < -0.3 is 4.90 Å². The summed E-state index contributed by atoms with van der Waals surface area (Å²) >= 11 is 0. The molecule has 2 aromatic rings. The topological polar surface area (TPSA) is 53.5 Å². The van der Waals surface area contributed by atoms with E-state index in [1.165, 1.54) is 19.3 Å². The second-order valence-corrected chi connectivity index (χ2v) is 9.79. The van der Waals surface area contributed by atoms with E-state index >= 15 is 0 Å². The highest BCUT2D eigenvalue weighted by molar-refractivity contribution is 7.89. The number of benzene rings is 1. The van der Waals surface area contributed by atoms with Crippen molar-refractivity contribution < 1.29 is 8.42 Å². The molecule has 2 aliphatic rings. The van der Waals surface area contributed by atoms with Gasteiger partial charge in [-0.3, -0.25) is 0 Å². The van der Waals surface area contributed by atoms with Crippen LogP contribution in [0.5, 0.6) is 0 Å². The molecule has 4 rings (SSSR count). The fourth-order valence-electron chi connectivity index (χ4n) is 4.39. The maximum atomic E-state index is 13.5. The number of aromatic nitrogens is 1. The molecule has 0 radical (unpaired) electrons. The first-order valence-electron chi connectivity index (χ1n) is 10.4. The van der Waals surface area contributed by atoms with Gasteiger partial charge in [0.05, 0.1) is 10.9 Å². The van der Waals surface area contributed by atoms with Gasteiger partial charge in [0, 0.05) is 31.4 Å². The number of rotatable bonds is 4. The molecule has 2 saturated heterocycles. The lowest BCUT2D eigenvalue weighted by molar-refractivity contribution is 0.255. The monoisotopic (exact) mass is 399 g/mol. The van der Waals surface area contributed by atoms with Crippen molar-refractivity contribution in [2.45, 2.75) is 56.4 Å². The molecule has 5 nitrogen and oxygen atoms in total. The van der Waals surface area contributed by atoms with Crippen LogP contribution >= 0.6 is 0 Å². The van der Waals surface area contributed by atoms with Gasteiger partial charge in [-0.15, -0.1) is 0 Å². The van der Waals surface area contributed by atoms with E-state index in [9.17, 15) is 8.42 Å². The number of nitrogens with zero attached hydrogens (tertiary/aromatic N) is 3. The van der Waals surface area contributed by atoms with E-state index in [0.29, 0.717) is 11.4 Å². The molecule has 0 N–H and O–H groups in total. The molecular weight excluding hydrogens is 370 g/mol. The maximum absolute atomic E-state index is 13.5. The summed E-state index contributed by atoms with van der Waals surface area (Å²) < 4.78 is 28.6. The highest BCUT2D eigenvalue weighted by atomic mass is 32.2. The van der Waals surface area contributed by atoms with Crippen LogP contribution in [0.2, 0.25) is 0 Å². The van der Waals surface area contributed by atoms with Gasteiger partial charge in [0.15, 0.2) is 0 Å². The summed E-state index contributed by atoms with van der Waals surface area (Å²) in [6, 6.07) is 11.1. The summed E-state index contributed by atoms with van der Waals surface area (Å²) in [5.41, 5.74) is 2.12. The van der Waals surface area contributed by atoms with E-state index in [4.69, 9.17) is 0 Å². The number of aryl methyl sites for hydroxylation is 1. The minimum Gasteiger partial charge on any atom is -0.356 e. The summed E-state index contributed by atoms with van der Waals surface area (Å²) in [5, 5.41) is 0. The molecule has 2 aliphatic heterocycles. The smallest absolute Gasteiger partial charge is 0.243 e. The first-order chi connectivity index (χ1) is 13.6. The Morgan fingerprint density at radius 3 is 2.39 bits per heavy atom. The molecule has 150 valence electrons. The minimum absolute atomic E-state index is 0.148. The van der Waals surface area contributed by atoms with Gasteiger partial charge in [-0.1, -0.05) is 30.2 Å². The van der Waals surface area contributed by atoms with Crippen molar-refractivity contribution in [1.82, 2.24) is 9.29 Å². The number of hydrogen-bond donors (Lipinski definition) is 0. The van der Waals surface area contributed by atoms with Crippen LogP contribution < -0.4 is 4.90 Å². The fourth-order valence-corrected chi connectivity index (χ4v) is 6.06. The van der Waals surface area contributed by atoms with Gasteiger partial charge in [0.2, 0.25) is 10.0 Å². The molecule has 28 heavy (non-hydrogen) atoms.